The summed E-state index contributed by atoms with van der Waals surface area (Å²) >= 11 is 3.44. The van der Waals surface area contributed by atoms with Crippen LogP contribution in [0.1, 0.15) is 32.6 Å². The van der Waals surface area contributed by atoms with Gasteiger partial charge in [-0.1, -0.05) is 22.9 Å². The number of alkyl halides is 3. The Hall–Kier alpha value is 0.340. The zero-order valence-corrected chi connectivity index (χ0v) is 8.91. The third-order valence-corrected chi connectivity index (χ3v) is 3.79. The molecule has 1 aliphatic carbocycles. The molecule has 1 rings (SSSR count). The molecule has 0 N–H and O–H groups in total. The fourth-order valence-electron chi connectivity index (χ4n) is 1.70. The molecule has 1 saturated carbocycles. The predicted molar refractivity (Wildman–Crippen MR) is 49.9 cm³/mol. The van der Waals surface area contributed by atoms with E-state index in [0.29, 0.717) is 5.41 Å². The van der Waals surface area contributed by atoms with Gasteiger partial charge in [-0.15, -0.1) is 0 Å². The highest BCUT2D eigenvalue weighted by Gasteiger charge is 2.42. The summed E-state index contributed by atoms with van der Waals surface area (Å²) in [4.78, 5) is 0. The number of rotatable bonds is 5. The monoisotopic (exact) mass is 240 g/mol. The van der Waals surface area contributed by atoms with Crippen molar-refractivity contribution in [1.82, 2.24) is 0 Å². The van der Waals surface area contributed by atoms with Crippen LogP contribution in [-0.4, -0.2) is 11.8 Å². The fraction of sp³-hybridized carbons (Fsp3) is 1.00. The van der Waals surface area contributed by atoms with E-state index in [2.05, 4.69) is 15.9 Å². The molecule has 1 unspecified atom stereocenters. The fourth-order valence-corrected chi connectivity index (χ4v) is 2.49. The average Bonchev–Trinajstić information content (AvgIpc) is 2.67. The van der Waals surface area contributed by atoms with Crippen molar-refractivity contribution < 1.29 is 8.78 Å². The van der Waals surface area contributed by atoms with E-state index in [9.17, 15) is 8.78 Å². The van der Waals surface area contributed by atoms with Crippen molar-refractivity contribution in [3.05, 3.63) is 0 Å². The molecule has 0 aromatic carbocycles. The summed E-state index contributed by atoms with van der Waals surface area (Å²) in [6.07, 6.45) is 1.32. The smallest absolute Gasteiger partial charge is 0.211 e. The number of hydrogen-bond acceptors (Lipinski definition) is 0. The maximum Gasteiger partial charge on any atom is 0.238 e. The van der Waals surface area contributed by atoms with Gasteiger partial charge in [0.2, 0.25) is 6.43 Å². The molecule has 0 aliphatic heterocycles. The minimum absolute atomic E-state index is 0.0642. The predicted octanol–water partition coefficient (Wildman–Crippen LogP) is 3.84. The molecular weight excluding hydrogens is 226 g/mol. The van der Waals surface area contributed by atoms with Crippen molar-refractivity contribution in [2.45, 2.75) is 39.0 Å². The summed E-state index contributed by atoms with van der Waals surface area (Å²) in [5.74, 6) is 0.171. The van der Waals surface area contributed by atoms with Crippen LogP contribution in [0.25, 0.3) is 0 Å². The Bertz CT molecular complexity index is 143. The van der Waals surface area contributed by atoms with Crippen LogP contribution < -0.4 is 0 Å². The lowest BCUT2D eigenvalue weighted by molar-refractivity contribution is 0.112. The van der Waals surface area contributed by atoms with E-state index in [1.54, 1.807) is 0 Å². The van der Waals surface area contributed by atoms with Gasteiger partial charge in [-0.3, -0.25) is 0 Å². The molecule has 0 saturated heterocycles. The van der Waals surface area contributed by atoms with Crippen LogP contribution in [-0.2, 0) is 0 Å². The highest BCUT2D eigenvalue weighted by Crippen LogP contribution is 2.52. The number of hydrogen-bond donors (Lipinski definition) is 0. The minimum atomic E-state index is -2.13. The summed E-state index contributed by atoms with van der Waals surface area (Å²) in [5, 5.41) is 0.980. The summed E-state index contributed by atoms with van der Waals surface area (Å²) in [5.41, 5.74) is 0.383. The molecule has 0 spiro atoms. The Morgan fingerprint density at radius 1 is 1.42 bits per heavy atom. The highest BCUT2D eigenvalue weighted by atomic mass is 79.9. The van der Waals surface area contributed by atoms with Gasteiger partial charge in [0, 0.05) is 11.8 Å². The van der Waals surface area contributed by atoms with E-state index < -0.39 is 6.43 Å². The van der Waals surface area contributed by atoms with Crippen LogP contribution in [0.15, 0.2) is 0 Å². The lowest BCUT2D eigenvalue weighted by Gasteiger charge is -2.17. The SMILES string of the molecule is CC(CC(F)F)CC1(CBr)CC1. The van der Waals surface area contributed by atoms with Crippen LogP contribution in [0.2, 0.25) is 0 Å². The van der Waals surface area contributed by atoms with Crippen molar-refractivity contribution >= 4 is 15.9 Å². The Balaban J connectivity index is 2.21. The first-order valence-corrected chi connectivity index (χ1v) is 5.54. The molecular formula is C9H15BrF2. The van der Waals surface area contributed by atoms with Gasteiger partial charge in [0.05, 0.1) is 0 Å². The molecule has 1 atom stereocenters. The van der Waals surface area contributed by atoms with Crippen LogP contribution in [0.5, 0.6) is 0 Å². The van der Waals surface area contributed by atoms with Gasteiger partial charge in [0.1, 0.15) is 0 Å². The summed E-state index contributed by atoms with van der Waals surface area (Å²) in [6, 6.07) is 0. The Morgan fingerprint density at radius 3 is 2.33 bits per heavy atom. The molecule has 0 aromatic heterocycles. The maximum atomic E-state index is 12.0. The highest BCUT2D eigenvalue weighted by molar-refractivity contribution is 9.09. The van der Waals surface area contributed by atoms with E-state index in [1.807, 2.05) is 6.92 Å². The van der Waals surface area contributed by atoms with Gasteiger partial charge >= 0.3 is 0 Å². The summed E-state index contributed by atoms with van der Waals surface area (Å²) in [6.45, 7) is 1.93. The van der Waals surface area contributed by atoms with Crippen molar-refractivity contribution in [2.24, 2.45) is 11.3 Å². The molecule has 0 heterocycles. The van der Waals surface area contributed by atoms with Gasteiger partial charge in [0.25, 0.3) is 0 Å². The topological polar surface area (TPSA) is 0 Å². The third-order valence-electron chi connectivity index (χ3n) is 2.60. The standard InChI is InChI=1S/C9H15BrF2/c1-7(4-8(11)12)5-9(6-10)2-3-9/h7-8H,2-6H2,1H3. The van der Waals surface area contributed by atoms with E-state index in [1.165, 1.54) is 12.8 Å². The van der Waals surface area contributed by atoms with Crippen molar-refractivity contribution in [1.29, 1.82) is 0 Å². The Morgan fingerprint density at radius 2 is 2.00 bits per heavy atom. The second-order valence-corrected chi connectivity index (χ2v) is 4.63. The normalized spacial score (nSPS) is 22.8. The van der Waals surface area contributed by atoms with E-state index in [0.717, 1.165) is 11.8 Å². The molecule has 12 heavy (non-hydrogen) atoms. The first-order chi connectivity index (χ1) is 5.58. The van der Waals surface area contributed by atoms with Gasteiger partial charge in [0.15, 0.2) is 0 Å². The van der Waals surface area contributed by atoms with Crippen LogP contribution in [0, 0.1) is 11.3 Å². The third kappa shape index (κ3) is 3.00. The molecule has 1 aliphatic rings. The van der Waals surface area contributed by atoms with Gasteiger partial charge in [-0.25, -0.2) is 8.78 Å². The van der Waals surface area contributed by atoms with E-state index in [4.69, 9.17) is 0 Å². The van der Waals surface area contributed by atoms with E-state index >= 15 is 0 Å². The van der Waals surface area contributed by atoms with Crippen molar-refractivity contribution in [2.75, 3.05) is 5.33 Å². The van der Waals surface area contributed by atoms with Crippen molar-refractivity contribution in [3.63, 3.8) is 0 Å². The number of halogens is 3. The lowest BCUT2D eigenvalue weighted by atomic mass is 9.93. The zero-order chi connectivity index (χ0) is 9.19. The van der Waals surface area contributed by atoms with Gasteiger partial charge in [-0.2, -0.15) is 0 Å². The summed E-state index contributed by atoms with van der Waals surface area (Å²) < 4.78 is 23.9. The van der Waals surface area contributed by atoms with Crippen LogP contribution in [0.4, 0.5) is 8.78 Å². The Labute approximate surface area is 80.9 Å². The lowest BCUT2D eigenvalue weighted by Crippen LogP contribution is -2.11. The van der Waals surface area contributed by atoms with Gasteiger partial charge < -0.3 is 0 Å². The van der Waals surface area contributed by atoms with Crippen LogP contribution >= 0.6 is 15.9 Å². The first-order valence-electron chi connectivity index (χ1n) is 4.42. The average molecular weight is 241 g/mol. The molecule has 0 amide bonds. The zero-order valence-electron chi connectivity index (χ0n) is 7.32. The van der Waals surface area contributed by atoms with Crippen LogP contribution in [0.3, 0.4) is 0 Å². The minimum Gasteiger partial charge on any atom is -0.211 e. The van der Waals surface area contributed by atoms with Crippen molar-refractivity contribution in [3.8, 4) is 0 Å². The molecule has 0 nitrogen and oxygen atoms in total. The molecule has 0 aromatic rings. The second-order valence-electron chi connectivity index (χ2n) is 4.07. The summed E-state index contributed by atoms with van der Waals surface area (Å²) in [7, 11) is 0. The second kappa shape index (κ2) is 4.03. The van der Waals surface area contributed by atoms with E-state index in [-0.39, 0.29) is 12.3 Å². The Kier molecular flexibility index (Phi) is 3.50. The first kappa shape index (κ1) is 10.4. The molecule has 72 valence electrons. The molecule has 0 radical (unpaired) electrons. The molecule has 3 heteroatoms. The quantitative estimate of drug-likeness (QED) is 0.641. The molecule has 0 bridgehead atoms. The maximum absolute atomic E-state index is 12.0. The van der Waals surface area contributed by atoms with Gasteiger partial charge in [-0.05, 0) is 30.6 Å². The largest absolute Gasteiger partial charge is 0.238 e. The molecule has 1 fully saturated rings.